The molecule has 1 atom stereocenters. The van der Waals surface area contributed by atoms with E-state index in [2.05, 4.69) is 15.3 Å². The van der Waals surface area contributed by atoms with Gasteiger partial charge in [-0.25, -0.2) is 18.7 Å². The molecule has 1 aliphatic rings. The van der Waals surface area contributed by atoms with Crippen LogP contribution in [0, 0.1) is 0 Å². The predicted molar refractivity (Wildman–Crippen MR) is 89.9 cm³/mol. The maximum absolute atomic E-state index is 12.3. The fourth-order valence-corrected chi connectivity index (χ4v) is 3.09. The lowest BCUT2D eigenvalue weighted by atomic mass is 10.1. The highest BCUT2D eigenvalue weighted by molar-refractivity contribution is 5.82. The molecule has 1 amide bonds. The summed E-state index contributed by atoms with van der Waals surface area (Å²) in [5.74, 6) is -0.309. The summed E-state index contributed by atoms with van der Waals surface area (Å²) >= 11 is 0. The topological polar surface area (TPSA) is 58.1 Å². The van der Waals surface area contributed by atoms with Gasteiger partial charge in [0.15, 0.2) is 0 Å². The molecular weight excluding hydrogens is 326 g/mol. The van der Waals surface area contributed by atoms with Crippen LogP contribution < -0.4 is 5.32 Å². The van der Waals surface area contributed by atoms with Gasteiger partial charge in [0.2, 0.25) is 5.91 Å². The van der Waals surface area contributed by atoms with Crippen molar-refractivity contribution in [1.82, 2.24) is 20.2 Å². The van der Waals surface area contributed by atoms with E-state index in [0.717, 1.165) is 29.7 Å². The van der Waals surface area contributed by atoms with E-state index >= 15 is 0 Å². The van der Waals surface area contributed by atoms with E-state index in [-0.39, 0.29) is 11.9 Å². The van der Waals surface area contributed by atoms with Gasteiger partial charge in [0.1, 0.15) is 6.33 Å². The van der Waals surface area contributed by atoms with Crippen molar-refractivity contribution in [2.75, 3.05) is 13.1 Å². The molecule has 2 aromatic rings. The molecule has 1 saturated heterocycles. The molecule has 0 radical (unpaired) electrons. The fourth-order valence-electron chi connectivity index (χ4n) is 3.09. The van der Waals surface area contributed by atoms with E-state index in [1.807, 2.05) is 29.2 Å². The Morgan fingerprint density at radius 1 is 1.20 bits per heavy atom. The lowest BCUT2D eigenvalue weighted by Gasteiger charge is -2.23. The SMILES string of the molecule is O=C(NCC(F)F)C1CCCN1Cc1ccc(-c2cncnc2)cc1. The van der Waals surface area contributed by atoms with Crippen LogP contribution in [0.3, 0.4) is 0 Å². The van der Waals surface area contributed by atoms with Crippen molar-refractivity contribution >= 4 is 5.91 Å². The highest BCUT2D eigenvalue weighted by atomic mass is 19.3. The number of nitrogens with zero attached hydrogens (tertiary/aromatic N) is 3. The molecule has 1 aromatic heterocycles. The van der Waals surface area contributed by atoms with Crippen LogP contribution in [0.1, 0.15) is 18.4 Å². The second kappa shape index (κ2) is 8.11. The van der Waals surface area contributed by atoms with Crippen LogP contribution in [0.25, 0.3) is 11.1 Å². The average Bonchev–Trinajstić information content (AvgIpc) is 3.09. The van der Waals surface area contributed by atoms with Crippen molar-refractivity contribution in [2.24, 2.45) is 0 Å². The average molecular weight is 346 g/mol. The predicted octanol–water partition coefficient (Wildman–Crippen LogP) is 2.49. The first-order chi connectivity index (χ1) is 12.1. The first-order valence-electron chi connectivity index (χ1n) is 8.28. The summed E-state index contributed by atoms with van der Waals surface area (Å²) in [6.45, 7) is 0.830. The van der Waals surface area contributed by atoms with E-state index in [0.29, 0.717) is 13.0 Å². The molecule has 3 rings (SSSR count). The fraction of sp³-hybridized carbons (Fsp3) is 0.389. The third kappa shape index (κ3) is 4.57. The van der Waals surface area contributed by atoms with Gasteiger partial charge in [-0.15, -0.1) is 0 Å². The summed E-state index contributed by atoms with van der Waals surface area (Å²) in [5.41, 5.74) is 3.05. The highest BCUT2D eigenvalue weighted by Gasteiger charge is 2.30. The minimum Gasteiger partial charge on any atom is -0.349 e. The van der Waals surface area contributed by atoms with Crippen molar-refractivity contribution in [1.29, 1.82) is 0 Å². The Hall–Kier alpha value is -2.41. The molecule has 0 aliphatic carbocycles. The first kappa shape index (κ1) is 17.4. The molecule has 1 aromatic carbocycles. The molecule has 1 N–H and O–H groups in total. The monoisotopic (exact) mass is 346 g/mol. The van der Waals surface area contributed by atoms with E-state index < -0.39 is 13.0 Å². The Morgan fingerprint density at radius 3 is 2.60 bits per heavy atom. The molecule has 0 saturated carbocycles. The van der Waals surface area contributed by atoms with E-state index in [1.54, 1.807) is 12.4 Å². The van der Waals surface area contributed by atoms with Crippen LogP contribution in [0.4, 0.5) is 8.78 Å². The lowest BCUT2D eigenvalue weighted by Crippen LogP contribution is -2.44. The largest absolute Gasteiger partial charge is 0.349 e. The number of halogens is 2. The molecule has 7 heteroatoms. The normalized spacial score (nSPS) is 17.8. The molecule has 0 bridgehead atoms. The van der Waals surface area contributed by atoms with E-state index in [9.17, 15) is 13.6 Å². The van der Waals surface area contributed by atoms with Crippen LogP contribution in [-0.2, 0) is 11.3 Å². The number of hydrogen-bond donors (Lipinski definition) is 1. The van der Waals surface area contributed by atoms with Crippen LogP contribution in [-0.4, -0.2) is 46.3 Å². The first-order valence-corrected chi connectivity index (χ1v) is 8.28. The zero-order chi connectivity index (χ0) is 17.6. The summed E-state index contributed by atoms with van der Waals surface area (Å²) in [7, 11) is 0. The minimum absolute atomic E-state index is 0.309. The van der Waals surface area contributed by atoms with Gasteiger partial charge in [-0.3, -0.25) is 9.69 Å². The van der Waals surface area contributed by atoms with Crippen LogP contribution >= 0.6 is 0 Å². The Bertz CT molecular complexity index is 694. The summed E-state index contributed by atoms with van der Waals surface area (Å²) < 4.78 is 24.5. The van der Waals surface area contributed by atoms with Gasteiger partial charge in [0.05, 0.1) is 12.6 Å². The number of rotatable bonds is 6. The maximum Gasteiger partial charge on any atom is 0.255 e. The quantitative estimate of drug-likeness (QED) is 0.873. The zero-order valence-corrected chi connectivity index (χ0v) is 13.7. The number of carbonyl (C=O) groups is 1. The Kier molecular flexibility index (Phi) is 5.65. The highest BCUT2D eigenvalue weighted by Crippen LogP contribution is 2.22. The van der Waals surface area contributed by atoms with Gasteiger partial charge in [0.25, 0.3) is 6.43 Å². The maximum atomic E-state index is 12.3. The summed E-state index contributed by atoms with van der Waals surface area (Å²) in [6.07, 6.45) is 4.08. The van der Waals surface area contributed by atoms with Gasteiger partial charge in [-0.05, 0) is 30.5 Å². The number of hydrogen-bond acceptors (Lipinski definition) is 4. The molecule has 0 spiro atoms. The summed E-state index contributed by atoms with van der Waals surface area (Å²) in [6, 6.07) is 7.68. The molecule has 2 heterocycles. The Labute approximate surface area is 145 Å². The lowest BCUT2D eigenvalue weighted by molar-refractivity contribution is -0.126. The Morgan fingerprint density at radius 2 is 1.92 bits per heavy atom. The molecular formula is C18H20F2N4O. The van der Waals surface area contributed by atoms with Crippen molar-refractivity contribution in [2.45, 2.75) is 31.9 Å². The van der Waals surface area contributed by atoms with Crippen molar-refractivity contribution in [3.63, 3.8) is 0 Å². The summed E-state index contributed by atoms with van der Waals surface area (Å²) in [5, 5.41) is 2.33. The van der Waals surface area contributed by atoms with Gasteiger partial charge < -0.3 is 5.32 Å². The third-order valence-corrected chi connectivity index (χ3v) is 4.33. The number of benzene rings is 1. The number of nitrogens with one attached hydrogen (secondary N) is 1. The Balaban J connectivity index is 1.62. The number of aromatic nitrogens is 2. The van der Waals surface area contributed by atoms with Crippen molar-refractivity contribution in [3.8, 4) is 11.1 Å². The molecule has 1 fully saturated rings. The zero-order valence-electron chi connectivity index (χ0n) is 13.7. The number of amides is 1. The summed E-state index contributed by atoms with van der Waals surface area (Å²) in [4.78, 5) is 22.1. The second-order valence-corrected chi connectivity index (χ2v) is 6.09. The van der Waals surface area contributed by atoms with Crippen LogP contribution in [0.15, 0.2) is 43.0 Å². The van der Waals surface area contributed by atoms with Gasteiger partial charge in [-0.2, -0.15) is 0 Å². The standard InChI is InChI=1S/C18H20F2N4O/c19-17(20)10-23-18(25)16-2-1-7-24(16)11-13-3-5-14(6-4-13)15-8-21-12-22-9-15/h3-6,8-9,12,16-17H,1-2,7,10-11H2,(H,23,25). The third-order valence-electron chi connectivity index (χ3n) is 4.33. The molecule has 132 valence electrons. The minimum atomic E-state index is -2.52. The van der Waals surface area contributed by atoms with Gasteiger partial charge in [0, 0.05) is 24.5 Å². The van der Waals surface area contributed by atoms with E-state index in [1.165, 1.54) is 6.33 Å². The number of alkyl halides is 2. The number of carbonyl (C=O) groups excluding carboxylic acids is 1. The van der Waals surface area contributed by atoms with Gasteiger partial charge >= 0.3 is 0 Å². The molecule has 1 unspecified atom stereocenters. The van der Waals surface area contributed by atoms with Crippen molar-refractivity contribution < 1.29 is 13.6 Å². The number of likely N-dealkylation sites (tertiary alicyclic amines) is 1. The smallest absolute Gasteiger partial charge is 0.255 e. The second-order valence-electron chi connectivity index (χ2n) is 6.09. The van der Waals surface area contributed by atoms with E-state index in [4.69, 9.17) is 0 Å². The molecule has 1 aliphatic heterocycles. The van der Waals surface area contributed by atoms with Crippen molar-refractivity contribution in [3.05, 3.63) is 48.5 Å². The van der Waals surface area contributed by atoms with Gasteiger partial charge in [-0.1, -0.05) is 24.3 Å². The van der Waals surface area contributed by atoms with Crippen LogP contribution in [0.2, 0.25) is 0 Å². The molecule has 5 nitrogen and oxygen atoms in total. The van der Waals surface area contributed by atoms with Crippen LogP contribution in [0.5, 0.6) is 0 Å². The molecule has 25 heavy (non-hydrogen) atoms.